The summed E-state index contributed by atoms with van der Waals surface area (Å²) in [5.74, 6) is -0.821. The molecule has 1 aliphatic rings. The lowest BCUT2D eigenvalue weighted by Gasteiger charge is -2.20. The van der Waals surface area contributed by atoms with E-state index in [1.54, 1.807) is 24.3 Å². The van der Waals surface area contributed by atoms with E-state index in [2.05, 4.69) is 10.1 Å². The summed E-state index contributed by atoms with van der Waals surface area (Å²) in [5, 5.41) is 2.72. The molecule has 0 unspecified atom stereocenters. The lowest BCUT2D eigenvalue weighted by atomic mass is 10.2. The van der Waals surface area contributed by atoms with Gasteiger partial charge < -0.3 is 10.1 Å². The van der Waals surface area contributed by atoms with Crippen molar-refractivity contribution < 1.29 is 22.7 Å². The number of esters is 1. The molecular formula is C21H24N2O5S. The van der Waals surface area contributed by atoms with Crippen LogP contribution in [-0.2, 0) is 14.8 Å². The Morgan fingerprint density at radius 3 is 1.97 bits per heavy atom. The van der Waals surface area contributed by atoms with Gasteiger partial charge in [0.2, 0.25) is 10.0 Å². The number of benzene rings is 2. The van der Waals surface area contributed by atoms with Crippen LogP contribution in [0.1, 0.15) is 46.4 Å². The minimum Gasteiger partial charge on any atom is -0.465 e. The van der Waals surface area contributed by atoms with Crippen molar-refractivity contribution in [1.29, 1.82) is 0 Å². The van der Waals surface area contributed by atoms with Gasteiger partial charge in [-0.3, -0.25) is 4.79 Å². The van der Waals surface area contributed by atoms with Crippen molar-refractivity contribution in [3.05, 3.63) is 59.7 Å². The molecule has 154 valence electrons. The van der Waals surface area contributed by atoms with E-state index in [4.69, 9.17) is 0 Å². The molecule has 0 radical (unpaired) electrons. The Labute approximate surface area is 170 Å². The molecule has 1 N–H and O–H groups in total. The second kappa shape index (κ2) is 9.19. The Kier molecular flexibility index (Phi) is 6.66. The van der Waals surface area contributed by atoms with Gasteiger partial charge in [-0.2, -0.15) is 4.31 Å². The van der Waals surface area contributed by atoms with Gasteiger partial charge in [0.1, 0.15) is 0 Å². The fourth-order valence-corrected chi connectivity index (χ4v) is 4.74. The molecule has 1 heterocycles. The number of hydrogen-bond acceptors (Lipinski definition) is 5. The number of carbonyl (C=O) groups excluding carboxylic acids is 2. The van der Waals surface area contributed by atoms with Crippen LogP contribution in [0.15, 0.2) is 53.4 Å². The van der Waals surface area contributed by atoms with Gasteiger partial charge in [-0.15, -0.1) is 0 Å². The monoisotopic (exact) mass is 416 g/mol. The summed E-state index contributed by atoms with van der Waals surface area (Å²) < 4.78 is 31.8. The molecule has 1 saturated heterocycles. The van der Waals surface area contributed by atoms with Crippen LogP contribution in [0.2, 0.25) is 0 Å². The van der Waals surface area contributed by atoms with Crippen molar-refractivity contribution in [2.75, 3.05) is 25.5 Å². The number of methoxy groups -OCH3 is 1. The Bertz CT molecular complexity index is 961. The maximum atomic E-state index is 12.8. The van der Waals surface area contributed by atoms with E-state index >= 15 is 0 Å². The van der Waals surface area contributed by atoms with Gasteiger partial charge in [-0.25, -0.2) is 13.2 Å². The van der Waals surface area contributed by atoms with Crippen molar-refractivity contribution in [2.24, 2.45) is 0 Å². The first-order valence-electron chi connectivity index (χ1n) is 9.52. The molecule has 0 atom stereocenters. The SMILES string of the molecule is COC(=O)c1ccc(NC(=O)c2ccc(S(=O)(=O)N3CCCCCC3)cc2)cc1. The van der Waals surface area contributed by atoms with E-state index in [9.17, 15) is 18.0 Å². The highest BCUT2D eigenvalue weighted by molar-refractivity contribution is 7.89. The molecule has 1 aliphatic heterocycles. The number of hydrogen-bond donors (Lipinski definition) is 1. The number of ether oxygens (including phenoxy) is 1. The zero-order valence-corrected chi connectivity index (χ0v) is 17.1. The van der Waals surface area contributed by atoms with Crippen LogP contribution < -0.4 is 5.32 Å². The Balaban J connectivity index is 1.69. The molecule has 1 amide bonds. The molecule has 1 fully saturated rings. The third-order valence-corrected chi connectivity index (χ3v) is 6.80. The van der Waals surface area contributed by atoms with E-state index in [-0.39, 0.29) is 10.8 Å². The smallest absolute Gasteiger partial charge is 0.337 e. The highest BCUT2D eigenvalue weighted by Crippen LogP contribution is 2.21. The Morgan fingerprint density at radius 1 is 0.862 bits per heavy atom. The first kappa shape index (κ1) is 21.0. The van der Waals surface area contributed by atoms with Crippen LogP contribution in [0.25, 0.3) is 0 Å². The average molecular weight is 416 g/mol. The zero-order chi connectivity index (χ0) is 20.9. The van der Waals surface area contributed by atoms with Gasteiger partial charge in [0, 0.05) is 24.3 Å². The van der Waals surface area contributed by atoms with Crippen LogP contribution in [0.4, 0.5) is 5.69 Å². The van der Waals surface area contributed by atoms with Crippen LogP contribution >= 0.6 is 0 Å². The number of rotatable bonds is 5. The molecule has 0 spiro atoms. The zero-order valence-electron chi connectivity index (χ0n) is 16.3. The molecule has 3 rings (SSSR count). The first-order valence-corrected chi connectivity index (χ1v) is 11.0. The fourth-order valence-electron chi connectivity index (χ4n) is 3.22. The molecule has 7 nitrogen and oxygen atoms in total. The van der Waals surface area contributed by atoms with E-state index in [1.165, 1.54) is 35.7 Å². The fraction of sp³-hybridized carbons (Fsp3) is 0.333. The van der Waals surface area contributed by atoms with E-state index in [0.717, 1.165) is 25.7 Å². The van der Waals surface area contributed by atoms with E-state index in [0.29, 0.717) is 29.9 Å². The minimum atomic E-state index is -3.54. The number of carbonyl (C=O) groups is 2. The van der Waals surface area contributed by atoms with Crippen LogP contribution in [-0.4, -0.2) is 44.8 Å². The highest BCUT2D eigenvalue weighted by atomic mass is 32.2. The van der Waals surface area contributed by atoms with Crippen molar-refractivity contribution >= 4 is 27.6 Å². The normalized spacial score (nSPS) is 15.3. The van der Waals surface area contributed by atoms with Crippen LogP contribution in [0, 0.1) is 0 Å². The number of nitrogens with zero attached hydrogens (tertiary/aromatic N) is 1. The van der Waals surface area contributed by atoms with Crippen molar-refractivity contribution in [3.8, 4) is 0 Å². The summed E-state index contributed by atoms with van der Waals surface area (Å²) in [6, 6.07) is 12.2. The van der Waals surface area contributed by atoms with Gasteiger partial charge in [-0.05, 0) is 61.4 Å². The first-order chi connectivity index (χ1) is 13.9. The molecule has 0 bridgehead atoms. The van der Waals surface area contributed by atoms with Gasteiger partial charge >= 0.3 is 5.97 Å². The summed E-state index contributed by atoms with van der Waals surface area (Å²) >= 11 is 0. The predicted molar refractivity (Wildman–Crippen MR) is 109 cm³/mol. The molecule has 2 aromatic rings. The van der Waals surface area contributed by atoms with Crippen molar-refractivity contribution in [3.63, 3.8) is 0 Å². The quantitative estimate of drug-likeness (QED) is 0.755. The van der Waals surface area contributed by atoms with Crippen LogP contribution in [0.5, 0.6) is 0 Å². The number of anilines is 1. The van der Waals surface area contributed by atoms with Gasteiger partial charge in [-0.1, -0.05) is 12.8 Å². The second-order valence-electron chi connectivity index (χ2n) is 6.87. The number of amides is 1. The summed E-state index contributed by atoms with van der Waals surface area (Å²) in [7, 11) is -2.24. The largest absolute Gasteiger partial charge is 0.465 e. The summed E-state index contributed by atoms with van der Waals surface area (Å²) in [4.78, 5) is 24.1. The molecule has 0 aliphatic carbocycles. The summed E-state index contributed by atoms with van der Waals surface area (Å²) in [5.41, 5.74) is 1.24. The highest BCUT2D eigenvalue weighted by Gasteiger charge is 2.25. The lowest BCUT2D eigenvalue weighted by molar-refractivity contribution is 0.0600. The Morgan fingerprint density at radius 2 is 1.41 bits per heavy atom. The maximum Gasteiger partial charge on any atom is 0.337 e. The molecule has 29 heavy (non-hydrogen) atoms. The van der Waals surface area contributed by atoms with E-state index < -0.39 is 16.0 Å². The van der Waals surface area contributed by atoms with Gasteiger partial charge in [0.05, 0.1) is 17.6 Å². The predicted octanol–water partition coefficient (Wildman–Crippen LogP) is 3.29. The van der Waals surface area contributed by atoms with Crippen LogP contribution in [0.3, 0.4) is 0 Å². The number of nitrogens with one attached hydrogen (secondary N) is 1. The molecule has 0 aromatic heterocycles. The maximum absolute atomic E-state index is 12.8. The van der Waals surface area contributed by atoms with Crippen molar-refractivity contribution in [1.82, 2.24) is 4.31 Å². The number of sulfonamides is 1. The third-order valence-electron chi connectivity index (χ3n) is 4.88. The molecular weight excluding hydrogens is 392 g/mol. The molecule has 8 heteroatoms. The Hall–Kier alpha value is -2.71. The van der Waals surface area contributed by atoms with Gasteiger partial charge in [0.15, 0.2) is 0 Å². The standard InChI is InChI=1S/C21H24N2O5S/c1-28-21(25)17-6-10-18(11-7-17)22-20(24)16-8-12-19(13-9-16)29(26,27)23-14-4-2-3-5-15-23/h6-13H,2-5,14-15H2,1H3,(H,22,24). The summed E-state index contributed by atoms with van der Waals surface area (Å²) in [6.07, 6.45) is 3.83. The summed E-state index contributed by atoms with van der Waals surface area (Å²) in [6.45, 7) is 1.07. The average Bonchev–Trinajstić information content (AvgIpc) is 3.04. The van der Waals surface area contributed by atoms with Crippen molar-refractivity contribution in [2.45, 2.75) is 30.6 Å². The third kappa shape index (κ3) is 5.02. The van der Waals surface area contributed by atoms with Gasteiger partial charge in [0.25, 0.3) is 5.91 Å². The second-order valence-corrected chi connectivity index (χ2v) is 8.80. The lowest BCUT2D eigenvalue weighted by Crippen LogP contribution is -2.31. The molecule has 2 aromatic carbocycles. The topological polar surface area (TPSA) is 92.8 Å². The minimum absolute atomic E-state index is 0.193. The molecule has 0 saturated carbocycles. The van der Waals surface area contributed by atoms with E-state index in [1.807, 2.05) is 0 Å².